The van der Waals surface area contributed by atoms with E-state index >= 15 is 0 Å². The third kappa shape index (κ3) is 2.89. The number of fused-ring (bicyclic) bond motifs is 1. The molecule has 10 heteroatoms. The second-order valence-electron chi connectivity index (χ2n) is 8.50. The Bertz CT molecular complexity index is 1150. The molecule has 158 valence electrons. The summed E-state index contributed by atoms with van der Waals surface area (Å²) < 4.78 is 29.3. The highest BCUT2D eigenvalue weighted by Crippen LogP contribution is 2.52. The van der Waals surface area contributed by atoms with Crippen molar-refractivity contribution in [3.05, 3.63) is 34.9 Å². The van der Waals surface area contributed by atoms with Crippen molar-refractivity contribution in [3.63, 3.8) is 0 Å². The summed E-state index contributed by atoms with van der Waals surface area (Å²) in [6.07, 6.45) is 4.00. The minimum Gasteiger partial charge on any atom is -0.342 e. The first-order chi connectivity index (χ1) is 14.3. The van der Waals surface area contributed by atoms with E-state index in [9.17, 15) is 13.6 Å². The summed E-state index contributed by atoms with van der Waals surface area (Å²) in [7, 11) is 1.67. The van der Waals surface area contributed by atoms with Gasteiger partial charge >= 0.3 is 0 Å². The summed E-state index contributed by atoms with van der Waals surface area (Å²) in [6, 6.07) is 3.10. The molecule has 1 unspecified atom stereocenters. The van der Waals surface area contributed by atoms with Crippen molar-refractivity contribution in [1.29, 1.82) is 0 Å². The Hall–Kier alpha value is -2.88. The lowest BCUT2D eigenvalue weighted by molar-refractivity contribution is -0.00686. The van der Waals surface area contributed by atoms with E-state index in [0.717, 1.165) is 5.56 Å². The highest BCUT2D eigenvalue weighted by Gasteiger charge is 2.55. The molecular weight excluding hydrogens is 392 g/mol. The number of hydrogen-bond acceptors (Lipinski definition) is 6. The number of pyridine rings is 1. The Balaban J connectivity index is 1.47. The Kier molecular flexibility index (Phi) is 4.18. The molecule has 0 aromatic carbocycles. The Labute approximate surface area is 171 Å². The zero-order valence-corrected chi connectivity index (χ0v) is 16.6. The third-order valence-electron chi connectivity index (χ3n) is 6.70. The molecule has 2 aliphatic rings. The molecular formula is C20H23F2N7O. The fourth-order valence-corrected chi connectivity index (χ4v) is 5.01. The topological polar surface area (TPSA) is 106 Å². The van der Waals surface area contributed by atoms with Gasteiger partial charge < -0.3 is 10.6 Å². The van der Waals surface area contributed by atoms with Gasteiger partial charge in [0.2, 0.25) is 11.9 Å². The van der Waals surface area contributed by atoms with Gasteiger partial charge in [-0.15, -0.1) is 0 Å². The molecule has 3 aromatic rings. The molecule has 30 heavy (non-hydrogen) atoms. The number of rotatable bonds is 2. The minimum atomic E-state index is -2.69. The Morgan fingerprint density at radius 1 is 1.23 bits per heavy atom. The highest BCUT2D eigenvalue weighted by atomic mass is 19.3. The number of anilines is 1. The lowest BCUT2D eigenvalue weighted by atomic mass is 9.74. The maximum Gasteiger partial charge on any atom is 0.266 e. The number of aromatic amines is 1. The van der Waals surface area contributed by atoms with E-state index in [1.807, 2.05) is 4.90 Å². The van der Waals surface area contributed by atoms with Gasteiger partial charge in [0.15, 0.2) is 5.65 Å². The molecule has 3 aromatic heterocycles. The van der Waals surface area contributed by atoms with E-state index < -0.39 is 17.4 Å². The summed E-state index contributed by atoms with van der Waals surface area (Å²) in [6.45, 7) is 1.05. The fraction of sp³-hybridized carbons (Fsp3) is 0.500. The van der Waals surface area contributed by atoms with Gasteiger partial charge in [-0.05, 0) is 30.4 Å². The van der Waals surface area contributed by atoms with Crippen LogP contribution in [0, 0.1) is 5.41 Å². The second-order valence-corrected chi connectivity index (χ2v) is 8.50. The first-order valence-electron chi connectivity index (χ1n) is 10.0. The first kappa shape index (κ1) is 19.1. The maximum absolute atomic E-state index is 13.9. The van der Waals surface area contributed by atoms with Crippen molar-refractivity contribution in [2.24, 2.45) is 18.2 Å². The van der Waals surface area contributed by atoms with Gasteiger partial charge in [0.05, 0.1) is 5.69 Å². The molecule has 5 rings (SSSR count). The van der Waals surface area contributed by atoms with Gasteiger partial charge in [0, 0.05) is 57.0 Å². The van der Waals surface area contributed by atoms with E-state index in [1.165, 1.54) is 4.57 Å². The van der Waals surface area contributed by atoms with E-state index in [0.29, 0.717) is 48.6 Å². The normalized spacial score (nSPS) is 22.8. The van der Waals surface area contributed by atoms with Crippen molar-refractivity contribution >= 4 is 17.0 Å². The molecule has 2 fully saturated rings. The molecule has 0 amide bonds. The zero-order chi connectivity index (χ0) is 21.1. The number of nitrogens with one attached hydrogen (secondary N) is 1. The number of alkyl halides is 2. The van der Waals surface area contributed by atoms with Crippen LogP contribution in [0.2, 0.25) is 0 Å². The summed E-state index contributed by atoms with van der Waals surface area (Å²) in [5, 5.41) is 7.56. The summed E-state index contributed by atoms with van der Waals surface area (Å²) in [5.74, 6) is -2.20. The van der Waals surface area contributed by atoms with Gasteiger partial charge in [-0.25, -0.2) is 8.78 Å². The molecule has 1 aliphatic carbocycles. The number of nitrogens with two attached hydrogens (primary N) is 1. The van der Waals surface area contributed by atoms with E-state index in [-0.39, 0.29) is 18.4 Å². The van der Waals surface area contributed by atoms with Gasteiger partial charge in [-0.2, -0.15) is 10.1 Å². The standard InChI is InChI=1S/C20H23F2N7O/c1-28-17(30)14-15(12-2-6-24-7-3-12)26-27-16(14)25-18(28)29-8-4-19(5-9-29)11-20(21,22)10-13(19)23/h2-3,6-7,13H,4-5,8-11,23H2,1H3,(H,26,27). The second kappa shape index (κ2) is 6.56. The summed E-state index contributed by atoms with van der Waals surface area (Å²) >= 11 is 0. The van der Waals surface area contributed by atoms with Crippen LogP contribution < -0.4 is 16.2 Å². The molecule has 4 heterocycles. The maximum atomic E-state index is 13.9. The van der Waals surface area contributed by atoms with E-state index in [2.05, 4.69) is 20.2 Å². The monoisotopic (exact) mass is 415 g/mol. The fourth-order valence-electron chi connectivity index (χ4n) is 5.01. The molecule has 1 spiro atoms. The quantitative estimate of drug-likeness (QED) is 0.664. The molecule has 1 saturated heterocycles. The summed E-state index contributed by atoms with van der Waals surface area (Å²) in [4.78, 5) is 23.7. The lowest BCUT2D eigenvalue weighted by Gasteiger charge is -2.42. The van der Waals surface area contributed by atoms with Crippen LogP contribution >= 0.6 is 0 Å². The molecule has 0 bridgehead atoms. The van der Waals surface area contributed by atoms with Crippen LogP contribution in [-0.4, -0.2) is 49.8 Å². The van der Waals surface area contributed by atoms with Crippen LogP contribution in [-0.2, 0) is 7.05 Å². The van der Waals surface area contributed by atoms with Gasteiger partial charge in [0.1, 0.15) is 5.39 Å². The van der Waals surface area contributed by atoms with Crippen molar-refractivity contribution in [1.82, 2.24) is 24.7 Å². The van der Waals surface area contributed by atoms with Gasteiger partial charge in [-0.1, -0.05) is 0 Å². The Morgan fingerprint density at radius 3 is 2.57 bits per heavy atom. The van der Waals surface area contributed by atoms with Crippen molar-refractivity contribution in [2.45, 2.75) is 37.6 Å². The van der Waals surface area contributed by atoms with E-state index in [4.69, 9.17) is 5.73 Å². The number of halogens is 2. The lowest BCUT2D eigenvalue weighted by Crippen LogP contribution is -2.48. The molecule has 1 atom stereocenters. The predicted molar refractivity (Wildman–Crippen MR) is 108 cm³/mol. The molecule has 3 N–H and O–H groups in total. The largest absolute Gasteiger partial charge is 0.342 e. The van der Waals surface area contributed by atoms with Crippen LogP contribution in [0.25, 0.3) is 22.3 Å². The van der Waals surface area contributed by atoms with Crippen LogP contribution in [0.4, 0.5) is 14.7 Å². The number of aromatic nitrogens is 5. The molecule has 1 aliphatic heterocycles. The Morgan fingerprint density at radius 2 is 1.93 bits per heavy atom. The van der Waals surface area contributed by atoms with Crippen LogP contribution in [0.15, 0.2) is 29.3 Å². The number of hydrogen-bond donors (Lipinski definition) is 2. The molecule has 8 nitrogen and oxygen atoms in total. The SMILES string of the molecule is Cn1c(N2CCC3(CC2)CC(F)(F)CC3N)nc2n[nH]c(-c3ccncc3)c2c1=O. The van der Waals surface area contributed by atoms with Crippen molar-refractivity contribution in [2.75, 3.05) is 18.0 Å². The minimum absolute atomic E-state index is 0.158. The first-order valence-corrected chi connectivity index (χ1v) is 10.0. The van der Waals surface area contributed by atoms with Crippen LogP contribution in [0.5, 0.6) is 0 Å². The average Bonchev–Trinajstić information content (AvgIpc) is 3.24. The van der Waals surface area contributed by atoms with Gasteiger partial charge in [-0.3, -0.25) is 19.4 Å². The molecule has 0 radical (unpaired) electrons. The van der Waals surface area contributed by atoms with Crippen LogP contribution in [0.3, 0.4) is 0 Å². The average molecular weight is 415 g/mol. The summed E-state index contributed by atoms with van der Waals surface area (Å²) in [5.41, 5.74) is 7.10. The molecule has 1 saturated carbocycles. The van der Waals surface area contributed by atoms with Crippen LogP contribution in [0.1, 0.15) is 25.7 Å². The number of piperidine rings is 1. The number of nitrogens with zero attached hydrogens (tertiary/aromatic N) is 5. The third-order valence-corrected chi connectivity index (χ3v) is 6.70. The van der Waals surface area contributed by atoms with E-state index in [1.54, 1.807) is 31.6 Å². The number of H-pyrrole nitrogens is 1. The highest BCUT2D eigenvalue weighted by molar-refractivity contribution is 5.90. The van der Waals surface area contributed by atoms with Crippen molar-refractivity contribution < 1.29 is 8.78 Å². The van der Waals surface area contributed by atoms with Crippen molar-refractivity contribution in [3.8, 4) is 11.3 Å². The smallest absolute Gasteiger partial charge is 0.266 e. The zero-order valence-electron chi connectivity index (χ0n) is 16.6. The van der Waals surface area contributed by atoms with Gasteiger partial charge in [0.25, 0.3) is 5.56 Å². The predicted octanol–water partition coefficient (Wildman–Crippen LogP) is 2.06.